The van der Waals surface area contributed by atoms with E-state index in [0.29, 0.717) is 0 Å². The third-order valence-corrected chi connectivity index (χ3v) is 4.71. The van der Waals surface area contributed by atoms with E-state index in [2.05, 4.69) is 0 Å². The second kappa shape index (κ2) is 6.18. The molecule has 1 rings (SSSR count). The van der Waals surface area contributed by atoms with Gasteiger partial charge in [-0.3, -0.25) is 0 Å². The van der Waals surface area contributed by atoms with E-state index in [-0.39, 0.29) is 22.1 Å². The van der Waals surface area contributed by atoms with Gasteiger partial charge in [0.25, 0.3) is 0 Å². The summed E-state index contributed by atoms with van der Waals surface area (Å²) in [7, 11) is -4.53. The van der Waals surface area contributed by atoms with Crippen LogP contribution in [0.4, 0.5) is 8.78 Å². The van der Waals surface area contributed by atoms with Crippen LogP contribution in [0.2, 0.25) is 0 Å². The number of sulfone groups is 1. The van der Waals surface area contributed by atoms with Gasteiger partial charge in [-0.2, -0.15) is 8.78 Å². The Hall–Kier alpha value is -0.680. The first-order valence-corrected chi connectivity index (χ1v) is 7.92. The quantitative estimate of drug-likeness (QED) is 0.769. The highest BCUT2D eigenvalue weighted by Gasteiger charge is 2.27. The molecule has 0 heterocycles. The molecule has 19 heavy (non-hydrogen) atoms. The fourth-order valence-corrected chi connectivity index (χ4v) is 3.32. The number of halogens is 3. The molecule has 0 radical (unpaired) electrons. The summed E-state index contributed by atoms with van der Waals surface area (Å²) < 4.78 is 47.4. The van der Waals surface area contributed by atoms with Gasteiger partial charge >= 0.3 is 5.76 Å². The molecule has 0 N–H and O–H groups in total. The molecule has 2 nitrogen and oxygen atoms in total. The molecular formula is C13H17ClF2O2S. The van der Waals surface area contributed by atoms with Crippen molar-refractivity contribution in [3.8, 4) is 0 Å². The number of rotatable bonds is 5. The Balaban J connectivity index is 3.12. The summed E-state index contributed by atoms with van der Waals surface area (Å²) in [5.41, 5.74) is 0.853. The molecule has 0 saturated heterocycles. The lowest BCUT2D eigenvalue weighted by Gasteiger charge is -2.24. The van der Waals surface area contributed by atoms with Gasteiger partial charge in [0.1, 0.15) is 0 Å². The molecule has 0 amide bonds. The van der Waals surface area contributed by atoms with Crippen molar-refractivity contribution < 1.29 is 17.2 Å². The molecule has 0 bridgehead atoms. The molecular weight excluding hydrogens is 294 g/mol. The molecule has 0 fully saturated rings. The van der Waals surface area contributed by atoms with Gasteiger partial charge in [0.2, 0.25) is 9.84 Å². The predicted molar refractivity (Wildman–Crippen MR) is 72.5 cm³/mol. The summed E-state index contributed by atoms with van der Waals surface area (Å²) in [6.07, 6.45) is 0. The maximum Gasteiger partial charge on any atom is 0.341 e. The van der Waals surface area contributed by atoms with E-state index in [0.717, 1.165) is 5.56 Å². The highest BCUT2D eigenvalue weighted by atomic mass is 35.5. The zero-order chi connectivity index (χ0) is 14.8. The fourth-order valence-electron chi connectivity index (χ4n) is 2.16. The van der Waals surface area contributed by atoms with Gasteiger partial charge in [-0.15, -0.1) is 11.6 Å². The standard InChI is InChI=1S/C13H17ClF2O2S/c1-8(2)12(9(3)14)10-4-6-11(7-5-10)19(17,18)13(15)16/h4-9,12-13H,1-3H3. The SMILES string of the molecule is CC(C)C(c1ccc(S(=O)(=O)C(F)F)cc1)C(C)Cl. The second-order valence-corrected chi connectivity index (χ2v) is 7.43. The minimum absolute atomic E-state index is 0.0463. The molecule has 1 aromatic rings. The first kappa shape index (κ1) is 16.4. The second-order valence-electron chi connectivity index (χ2n) is 4.82. The predicted octanol–water partition coefficient (Wildman–Crippen LogP) is 4.05. The van der Waals surface area contributed by atoms with Gasteiger partial charge in [0.15, 0.2) is 0 Å². The maximum absolute atomic E-state index is 12.4. The van der Waals surface area contributed by atoms with Crippen molar-refractivity contribution in [2.24, 2.45) is 5.92 Å². The summed E-state index contributed by atoms with van der Waals surface area (Å²) in [5.74, 6) is -3.08. The average molecular weight is 311 g/mol. The number of hydrogen-bond donors (Lipinski definition) is 0. The topological polar surface area (TPSA) is 34.1 Å². The van der Waals surface area contributed by atoms with Crippen molar-refractivity contribution in [1.29, 1.82) is 0 Å². The largest absolute Gasteiger partial charge is 0.341 e. The van der Waals surface area contributed by atoms with Crippen LogP contribution in [0.3, 0.4) is 0 Å². The van der Waals surface area contributed by atoms with Crippen LogP contribution in [-0.2, 0) is 9.84 Å². The van der Waals surface area contributed by atoms with Crippen molar-refractivity contribution in [3.63, 3.8) is 0 Å². The highest BCUT2D eigenvalue weighted by Crippen LogP contribution is 2.32. The van der Waals surface area contributed by atoms with Crippen molar-refractivity contribution in [2.45, 2.75) is 42.7 Å². The zero-order valence-corrected chi connectivity index (χ0v) is 12.5. The molecule has 0 saturated carbocycles. The van der Waals surface area contributed by atoms with E-state index < -0.39 is 15.6 Å². The number of benzene rings is 1. The third-order valence-electron chi connectivity index (χ3n) is 3.04. The van der Waals surface area contributed by atoms with Gasteiger partial charge in [-0.05, 0) is 30.5 Å². The van der Waals surface area contributed by atoms with Crippen LogP contribution in [0.1, 0.15) is 32.3 Å². The molecule has 0 spiro atoms. The van der Waals surface area contributed by atoms with Crippen molar-refractivity contribution >= 4 is 21.4 Å². The smallest absolute Gasteiger partial charge is 0.218 e. The Kier molecular flexibility index (Phi) is 5.33. The lowest BCUT2D eigenvalue weighted by molar-refractivity contribution is 0.234. The van der Waals surface area contributed by atoms with Gasteiger partial charge in [-0.1, -0.05) is 26.0 Å². The van der Waals surface area contributed by atoms with Crippen LogP contribution in [0.15, 0.2) is 29.2 Å². The van der Waals surface area contributed by atoms with Gasteiger partial charge in [-0.25, -0.2) is 8.42 Å². The number of alkyl halides is 3. The summed E-state index contributed by atoms with van der Waals surface area (Å²) >= 11 is 6.12. The third kappa shape index (κ3) is 3.66. The molecule has 2 atom stereocenters. The molecule has 0 aliphatic heterocycles. The zero-order valence-electron chi connectivity index (χ0n) is 11.0. The fraction of sp³-hybridized carbons (Fsp3) is 0.538. The summed E-state index contributed by atoms with van der Waals surface area (Å²) in [4.78, 5) is -0.365. The van der Waals surface area contributed by atoms with Crippen LogP contribution in [0.5, 0.6) is 0 Å². The van der Waals surface area contributed by atoms with Gasteiger partial charge in [0.05, 0.1) is 4.90 Å². The van der Waals surface area contributed by atoms with Crippen LogP contribution in [0, 0.1) is 5.92 Å². The van der Waals surface area contributed by atoms with E-state index >= 15 is 0 Å². The lowest BCUT2D eigenvalue weighted by Crippen LogP contribution is -2.16. The Morgan fingerprint density at radius 3 is 1.84 bits per heavy atom. The lowest BCUT2D eigenvalue weighted by atomic mass is 9.86. The van der Waals surface area contributed by atoms with E-state index in [1.807, 2.05) is 20.8 Å². The van der Waals surface area contributed by atoms with Crippen LogP contribution < -0.4 is 0 Å². The molecule has 0 aliphatic rings. The van der Waals surface area contributed by atoms with E-state index in [9.17, 15) is 17.2 Å². The molecule has 2 unspecified atom stereocenters. The monoisotopic (exact) mass is 310 g/mol. The first-order valence-electron chi connectivity index (χ1n) is 5.94. The first-order chi connectivity index (χ1) is 8.67. The normalized spacial score (nSPS) is 15.8. The number of hydrogen-bond acceptors (Lipinski definition) is 2. The van der Waals surface area contributed by atoms with Gasteiger partial charge < -0.3 is 0 Å². The molecule has 1 aromatic carbocycles. The average Bonchev–Trinajstić information content (AvgIpc) is 2.28. The Morgan fingerprint density at radius 1 is 1.05 bits per heavy atom. The Morgan fingerprint density at radius 2 is 1.53 bits per heavy atom. The summed E-state index contributed by atoms with van der Waals surface area (Å²) in [6.45, 7) is 5.87. The van der Waals surface area contributed by atoms with Crippen molar-refractivity contribution in [3.05, 3.63) is 29.8 Å². The van der Waals surface area contributed by atoms with Crippen molar-refractivity contribution in [2.75, 3.05) is 0 Å². The highest BCUT2D eigenvalue weighted by molar-refractivity contribution is 7.91. The van der Waals surface area contributed by atoms with Crippen LogP contribution in [-0.4, -0.2) is 19.6 Å². The molecule has 0 aliphatic carbocycles. The van der Waals surface area contributed by atoms with E-state index in [4.69, 9.17) is 11.6 Å². The minimum atomic E-state index is -4.53. The van der Waals surface area contributed by atoms with Crippen LogP contribution >= 0.6 is 11.6 Å². The molecule has 6 heteroatoms. The van der Waals surface area contributed by atoms with E-state index in [1.54, 1.807) is 12.1 Å². The molecule has 0 aromatic heterocycles. The van der Waals surface area contributed by atoms with Gasteiger partial charge in [0, 0.05) is 11.3 Å². The van der Waals surface area contributed by atoms with E-state index in [1.165, 1.54) is 12.1 Å². The minimum Gasteiger partial charge on any atom is -0.218 e. The Labute approximate surface area is 117 Å². The van der Waals surface area contributed by atoms with Crippen LogP contribution in [0.25, 0.3) is 0 Å². The Bertz CT molecular complexity index is 502. The van der Waals surface area contributed by atoms with Crippen molar-refractivity contribution in [1.82, 2.24) is 0 Å². The summed E-state index contributed by atoms with van der Waals surface area (Å²) in [5, 5.41) is -0.127. The molecule has 108 valence electrons. The summed E-state index contributed by atoms with van der Waals surface area (Å²) in [6, 6.07) is 5.54. The maximum atomic E-state index is 12.4.